The summed E-state index contributed by atoms with van der Waals surface area (Å²) in [4.78, 5) is 22.4. The molecule has 2 aromatic rings. The molecule has 0 aromatic heterocycles. The first-order valence-corrected chi connectivity index (χ1v) is 6.21. The molecule has 0 fully saturated rings. The molecule has 108 valence electrons. The Morgan fingerprint density at radius 1 is 1.24 bits per heavy atom. The molecular formula is C15H13FN2O3. The molecule has 0 saturated carbocycles. The number of nitro groups is 1. The third-order valence-corrected chi connectivity index (χ3v) is 3.25. The summed E-state index contributed by atoms with van der Waals surface area (Å²) in [6.45, 7) is 3.71. The van der Waals surface area contributed by atoms with E-state index in [0.717, 1.165) is 29.3 Å². The Labute approximate surface area is 120 Å². The molecule has 0 aliphatic heterocycles. The Bertz CT molecular complexity index is 729. The van der Waals surface area contributed by atoms with Crippen LogP contribution in [-0.2, 0) is 0 Å². The molecule has 0 unspecified atom stereocenters. The maximum absolute atomic E-state index is 13.3. The lowest BCUT2D eigenvalue weighted by molar-refractivity contribution is -0.385. The number of aryl methyl sites for hydroxylation is 1. The second kappa shape index (κ2) is 5.70. The second-order valence-corrected chi connectivity index (χ2v) is 4.62. The molecule has 2 aromatic carbocycles. The largest absolute Gasteiger partial charge is 0.322 e. The van der Waals surface area contributed by atoms with Crippen molar-refractivity contribution in [2.45, 2.75) is 13.8 Å². The lowest BCUT2D eigenvalue weighted by Crippen LogP contribution is -2.15. The number of nitrogens with one attached hydrogen (secondary N) is 1. The van der Waals surface area contributed by atoms with E-state index in [1.54, 1.807) is 12.1 Å². The van der Waals surface area contributed by atoms with Crippen LogP contribution >= 0.6 is 0 Å². The number of nitrogens with zero attached hydrogens (tertiary/aromatic N) is 1. The molecular weight excluding hydrogens is 275 g/mol. The fourth-order valence-electron chi connectivity index (χ4n) is 1.93. The molecule has 0 heterocycles. The third kappa shape index (κ3) is 3.05. The number of nitro benzene ring substituents is 1. The van der Waals surface area contributed by atoms with E-state index in [2.05, 4.69) is 5.32 Å². The molecule has 0 radical (unpaired) electrons. The van der Waals surface area contributed by atoms with E-state index in [1.807, 2.05) is 19.9 Å². The van der Waals surface area contributed by atoms with E-state index in [0.29, 0.717) is 5.69 Å². The van der Waals surface area contributed by atoms with Gasteiger partial charge in [-0.25, -0.2) is 4.39 Å². The van der Waals surface area contributed by atoms with Crippen LogP contribution in [0.4, 0.5) is 15.8 Å². The summed E-state index contributed by atoms with van der Waals surface area (Å²) in [5.74, 6) is -1.42. The van der Waals surface area contributed by atoms with Gasteiger partial charge in [-0.15, -0.1) is 0 Å². The van der Waals surface area contributed by atoms with Crippen LogP contribution in [0.3, 0.4) is 0 Å². The van der Waals surface area contributed by atoms with Gasteiger partial charge in [0.25, 0.3) is 11.6 Å². The Kier molecular flexibility index (Phi) is 3.98. The van der Waals surface area contributed by atoms with Crippen LogP contribution in [0, 0.1) is 29.8 Å². The summed E-state index contributed by atoms with van der Waals surface area (Å²) in [6.07, 6.45) is 0. The molecule has 0 atom stereocenters. The molecule has 0 saturated heterocycles. The first kappa shape index (κ1) is 14.6. The Balaban J connectivity index is 2.39. The molecule has 0 bridgehead atoms. The van der Waals surface area contributed by atoms with Crippen LogP contribution in [0.2, 0.25) is 0 Å². The topological polar surface area (TPSA) is 72.2 Å². The Morgan fingerprint density at radius 3 is 2.62 bits per heavy atom. The van der Waals surface area contributed by atoms with Gasteiger partial charge in [0.05, 0.1) is 4.92 Å². The summed E-state index contributed by atoms with van der Waals surface area (Å²) in [7, 11) is 0. The van der Waals surface area contributed by atoms with Crippen molar-refractivity contribution in [3.05, 3.63) is 69.0 Å². The number of amides is 1. The van der Waals surface area contributed by atoms with Crippen LogP contribution in [0.5, 0.6) is 0 Å². The smallest absolute Gasteiger partial charge is 0.282 e. The van der Waals surface area contributed by atoms with Gasteiger partial charge in [-0.2, -0.15) is 0 Å². The molecule has 21 heavy (non-hydrogen) atoms. The van der Waals surface area contributed by atoms with E-state index in [4.69, 9.17) is 0 Å². The zero-order valence-electron chi connectivity index (χ0n) is 11.5. The number of hydrogen-bond acceptors (Lipinski definition) is 3. The quantitative estimate of drug-likeness (QED) is 0.692. The van der Waals surface area contributed by atoms with Crippen molar-refractivity contribution in [1.82, 2.24) is 0 Å². The van der Waals surface area contributed by atoms with Gasteiger partial charge in [0.2, 0.25) is 0 Å². The van der Waals surface area contributed by atoms with Crippen LogP contribution < -0.4 is 5.32 Å². The van der Waals surface area contributed by atoms with Crippen molar-refractivity contribution < 1.29 is 14.1 Å². The average Bonchev–Trinajstić information content (AvgIpc) is 2.43. The summed E-state index contributed by atoms with van der Waals surface area (Å²) in [5.41, 5.74) is 1.63. The fourth-order valence-corrected chi connectivity index (χ4v) is 1.93. The van der Waals surface area contributed by atoms with Crippen LogP contribution in [0.25, 0.3) is 0 Å². The number of hydrogen-bond donors (Lipinski definition) is 1. The van der Waals surface area contributed by atoms with Crippen molar-refractivity contribution in [2.75, 3.05) is 5.32 Å². The van der Waals surface area contributed by atoms with Gasteiger partial charge < -0.3 is 5.32 Å². The monoisotopic (exact) mass is 288 g/mol. The Hall–Kier alpha value is -2.76. The van der Waals surface area contributed by atoms with Gasteiger partial charge >= 0.3 is 0 Å². The summed E-state index contributed by atoms with van der Waals surface area (Å²) < 4.78 is 13.3. The van der Waals surface area contributed by atoms with Crippen LogP contribution in [-0.4, -0.2) is 10.8 Å². The van der Waals surface area contributed by atoms with Crippen molar-refractivity contribution in [2.24, 2.45) is 0 Å². The minimum atomic E-state index is -0.713. The third-order valence-electron chi connectivity index (χ3n) is 3.25. The molecule has 0 spiro atoms. The standard InChI is InChI=1S/C15H13FN2O3/c1-9-4-3-5-13(10(9)2)17-15(19)12-8-11(16)6-7-14(12)18(20)21/h3-8H,1-2H3,(H,17,19). The highest BCUT2D eigenvalue weighted by Crippen LogP contribution is 2.23. The molecule has 5 nitrogen and oxygen atoms in total. The zero-order valence-corrected chi connectivity index (χ0v) is 11.5. The lowest BCUT2D eigenvalue weighted by atomic mass is 10.1. The van der Waals surface area contributed by atoms with Crippen LogP contribution in [0.1, 0.15) is 21.5 Å². The van der Waals surface area contributed by atoms with E-state index in [9.17, 15) is 19.3 Å². The molecule has 0 aliphatic carbocycles. The number of anilines is 1. The molecule has 1 amide bonds. The van der Waals surface area contributed by atoms with Gasteiger partial charge in [0.1, 0.15) is 11.4 Å². The number of rotatable bonds is 3. The molecule has 2 rings (SSSR count). The maximum atomic E-state index is 13.3. The van der Waals surface area contributed by atoms with E-state index in [1.165, 1.54) is 0 Å². The second-order valence-electron chi connectivity index (χ2n) is 4.62. The fraction of sp³-hybridized carbons (Fsp3) is 0.133. The minimum Gasteiger partial charge on any atom is -0.322 e. The predicted octanol–water partition coefficient (Wildman–Crippen LogP) is 3.60. The zero-order chi connectivity index (χ0) is 15.6. The number of benzene rings is 2. The van der Waals surface area contributed by atoms with Crippen LogP contribution in [0.15, 0.2) is 36.4 Å². The van der Waals surface area contributed by atoms with E-state index in [-0.39, 0.29) is 5.56 Å². The average molecular weight is 288 g/mol. The molecule has 6 heteroatoms. The first-order valence-electron chi connectivity index (χ1n) is 6.21. The summed E-state index contributed by atoms with van der Waals surface area (Å²) >= 11 is 0. The van der Waals surface area contributed by atoms with Gasteiger partial charge in [0.15, 0.2) is 0 Å². The highest BCUT2D eigenvalue weighted by atomic mass is 19.1. The molecule has 1 N–H and O–H groups in total. The highest BCUT2D eigenvalue weighted by Gasteiger charge is 2.21. The van der Waals surface area contributed by atoms with Crippen molar-refractivity contribution >= 4 is 17.3 Å². The number of halogens is 1. The van der Waals surface area contributed by atoms with Gasteiger partial charge in [0, 0.05) is 11.8 Å². The maximum Gasteiger partial charge on any atom is 0.282 e. The summed E-state index contributed by atoms with van der Waals surface area (Å²) in [5, 5.41) is 13.5. The normalized spacial score (nSPS) is 10.2. The van der Waals surface area contributed by atoms with Crippen molar-refractivity contribution in [1.29, 1.82) is 0 Å². The Morgan fingerprint density at radius 2 is 1.95 bits per heavy atom. The van der Waals surface area contributed by atoms with Crippen molar-refractivity contribution in [3.63, 3.8) is 0 Å². The van der Waals surface area contributed by atoms with Gasteiger partial charge in [-0.3, -0.25) is 14.9 Å². The van der Waals surface area contributed by atoms with E-state index < -0.39 is 22.3 Å². The summed E-state index contributed by atoms with van der Waals surface area (Å²) in [6, 6.07) is 8.12. The number of carbonyl (C=O) groups is 1. The molecule has 0 aliphatic rings. The van der Waals surface area contributed by atoms with Crippen molar-refractivity contribution in [3.8, 4) is 0 Å². The minimum absolute atomic E-state index is 0.305. The SMILES string of the molecule is Cc1cccc(NC(=O)c2cc(F)ccc2[N+](=O)[O-])c1C. The predicted molar refractivity (Wildman–Crippen MR) is 76.9 cm³/mol. The van der Waals surface area contributed by atoms with E-state index >= 15 is 0 Å². The van der Waals surface area contributed by atoms with Gasteiger partial charge in [-0.1, -0.05) is 12.1 Å². The number of carbonyl (C=O) groups excluding carboxylic acids is 1. The highest BCUT2D eigenvalue weighted by molar-refractivity contribution is 6.07. The van der Waals surface area contributed by atoms with Gasteiger partial charge in [-0.05, 0) is 43.2 Å². The first-order chi connectivity index (χ1) is 9.90. The lowest BCUT2D eigenvalue weighted by Gasteiger charge is -2.10.